The lowest BCUT2D eigenvalue weighted by Gasteiger charge is -2.28. The molecule has 3 rings (SSSR count). The van der Waals surface area contributed by atoms with Gasteiger partial charge in [0, 0.05) is 16.7 Å². The minimum absolute atomic E-state index is 0.128. The normalized spacial score (nSPS) is 11.1. The van der Waals surface area contributed by atoms with Gasteiger partial charge in [-0.2, -0.15) is 0 Å². The van der Waals surface area contributed by atoms with Crippen LogP contribution < -0.4 is 14.8 Å². The van der Waals surface area contributed by atoms with E-state index in [-0.39, 0.29) is 28.5 Å². The lowest BCUT2D eigenvalue weighted by Crippen LogP contribution is -2.57. The van der Waals surface area contributed by atoms with Gasteiger partial charge in [0.15, 0.2) is 0 Å². The minimum atomic E-state index is -1.56. The van der Waals surface area contributed by atoms with E-state index >= 15 is 0 Å². The van der Waals surface area contributed by atoms with E-state index in [9.17, 15) is 30.2 Å². The Morgan fingerprint density at radius 2 is 1.47 bits per heavy atom. The fraction of sp³-hybridized carbons (Fsp3) is 0.174. The molecule has 0 fully saturated rings. The molecule has 3 aromatic rings. The molecular formula is C23H21ClN2O8. The molecule has 0 unspecified atom stereocenters. The van der Waals surface area contributed by atoms with E-state index < -0.39 is 36.2 Å². The van der Waals surface area contributed by atoms with Gasteiger partial charge in [-0.25, -0.2) is 0 Å². The van der Waals surface area contributed by atoms with Crippen LogP contribution in [0, 0.1) is 10.1 Å². The van der Waals surface area contributed by atoms with Gasteiger partial charge in [0.2, 0.25) is 0 Å². The van der Waals surface area contributed by atoms with E-state index in [1.54, 1.807) is 24.3 Å². The van der Waals surface area contributed by atoms with E-state index in [0.29, 0.717) is 10.8 Å². The molecule has 0 saturated carbocycles. The van der Waals surface area contributed by atoms with Crippen molar-refractivity contribution >= 4 is 23.2 Å². The Kier molecular flexibility index (Phi) is 8.03. The second-order valence-corrected chi connectivity index (χ2v) is 7.75. The summed E-state index contributed by atoms with van der Waals surface area (Å²) >= 11 is 5.95. The number of hydrogen-bond donors (Lipinski definition) is 4. The highest BCUT2D eigenvalue weighted by atomic mass is 35.5. The number of ether oxygens (including phenoxy) is 2. The SMILES string of the molecule is O=C(NC(CO)(CO)CO)c1ccc(Oc2cc(Oc3cccc(Cl)c3)cc([N+](=O)[O-])c2)cc1. The number of carbonyl (C=O) groups is 1. The van der Waals surface area contributed by atoms with Crippen molar-refractivity contribution in [2.75, 3.05) is 19.8 Å². The predicted octanol–water partition coefficient (Wildman–Crippen LogP) is 3.28. The van der Waals surface area contributed by atoms with Crippen molar-refractivity contribution in [1.29, 1.82) is 0 Å². The summed E-state index contributed by atoms with van der Waals surface area (Å²) in [5.74, 6) is 0.331. The number of nitro groups is 1. The van der Waals surface area contributed by atoms with Crippen molar-refractivity contribution in [3.05, 3.63) is 87.4 Å². The number of non-ortho nitro benzene ring substituents is 1. The number of nitro benzene ring substituents is 1. The number of amides is 1. The zero-order valence-electron chi connectivity index (χ0n) is 17.7. The first-order chi connectivity index (χ1) is 16.3. The van der Waals surface area contributed by atoms with Gasteiger partial charge in [0.1, 0.15) is 28.5 Å². The molecule has 0 aromatic heterocycles. The lowest BCUT2D eigenvalue weighted by molar-refractivity contribution is -0.385. The van der Waals surface area contributed by atoms with Crippen molar-refractivity contribution in [1.82, 2.24) is 5.32 Å². The highest BCUT2D eigenvalue weighted by Crippen LogP contribution is 2.34. The number of hydrogen-bond acceptors (Lipinski definition) is 8. The molecule has 0 atom stereocenters. The lowest BCUT2D eigenvalue weighted by atomic mass is 10.0. The van der Waals surface area contributed by atoms with E-state index in [2.05, 4.69) is 5.32 Å². The van der Waals surface area contributed by atoms with Gasteiger partial charge in [0.05, 0.1) is 36.9 Å². The van der Waals surface area contributed by atoms with Crippen molar-refractivity contribution in [2.45, 2.75) is 5.54 Å². The van der Waals surface area contributed by atoms with Gasteiger partial charge in [-0.3, -0.25) is 14.9 Å². The summed E-state index contributed by atoms with van der Waals surface area (Å²) in [6.07, 6.45) is 0. The van der Waals surface area contributed by atoms with Gasteiger partial charge >= 0.3 is 0 Å². The molecule has 1 amide bonds. The van der Waals surface area contributed by atoms with Crippen LogP contribution >= 0.6 is 11.6 Å². The number of nitrogens with zero attached hydrogens (tertiary/aromatic N) is 1. The highest BCUT2D eigenvalue weighted by Gasteiger charge is 2.30. The number of aliphatic hydroxyl groups excluding tert-OH is 3. The van der Waals surface area contributed by atoms with Crippen LogP contribution in [0.2, 0.25) is 5.02 Å². The zero-order chi connectivity index (χ0) is 24.7. The summed E-state index contributed by atoms with van der Waals surface area (Å²) in [6, 6.07) is 16.2. The number of carbonyl (C=O) groups excluding carboxylic acids is 1. The van der Waals surface area contributed by atoms with Gasteiger partial charge in [-0.1, -0.05) is 17.7 Å². The molecule has 0 radical (unpaired) electrons. The average Bonchev–Trinajstić information content (AvgIpc) is 2.83. The predicted molar refractivity (Wildman–Crippen MR) is 123 cm³/mol. The molecule has 0 saturated heterocycles. The number of halogens is 1. The first-order valence-electron chi connectivity index (χ1n) is 9.93. The molecule has 4 N–H and O–H groups in total. The molecule has 11 heteroatoms. The molecule has 10 nitrogen and oxygen atoms in total. The van der Waals surface area contributed by atoms with Crippen LogP contribution in [0.4, 0.5) is 5.69 Å². The van der Waals surface area contributed by atoms with Crippen molar-refractivity contribution in [3.8, 4) is 23.0 Å². The van der Waals surface area contributed by atoms with E-state index in [1.165, 1.54) is 42.5 Å². The van der Waals surface area contributed by atoms with Crippen LogP contribution in [-0.4, -0.2) is 51.5 Å². The molecule has 0 bridgehead atoms. The number of benzene rings is 3. The van der Waals surface area contributed by atoms with Gasteiger partial charge in [-0.15, -0.1) is 0 Å². The third-order valence-electron chi connectivity index (χ3n) is 4.75. The molecule has 3 aromatic carbocycles. The van der Waals surface area contributed by atoms with Crippen LogP contribution in [0.15, 0.2) is 66.7 Å². The van der Waals surface area contributed by atoms with E-state index in [4.69, 9.17) is 21.1 Å². The van der Waals surface area contributed by atoms with Gasteiger partial charge in [0.25, 0.3) is 11.6 Å². The molecule has 0 aliphatic heterocycles. The first-order valence-corrected chi connectivity index (χ1v) is 10.3. The molecular weight excluding hydrogens is 468 g/mol. The van der Waals surface area contributed by atoms with Crippen molar-refractivity contribution < 1.29 is 34.5 Å². The highest BCUT2D eigenvalue weighted by molar-refractivity contribution is 6.30. The summed E-state index contributed by atoms with van der Waals surface area (Å²) in [5.41, 5.74) is -1.64. The Bertz CT molecular complexity index is 1160. The quantitative estimate of drug-likeness (QED) is 0.250. The maximum Gasteiger partial charge on any atom is 0.276 e. The topological polar surface area (TPSA) is 151 Å². The third kappa shape index (κ3) is 6.21. The Labute approximate surface area is 199 Å². The van der Waals surface area contributed by atoms with E-state index in [1.807, 2.05) is 0 Å². The molecule has 0 spiro atoms. The van der Waals surface area contributed by atoms with E-state index in [0.717, 1.165) is 0 Å². The summed E-state index contributed by atoms with van der Waals surface area (Å²) in [7, 11) is 0. The largest absolute Gasteiger partial charge is 0.457 e. The van der Waals surface area contributed by atoms with Crippen LogP contribution in [-0.2, 0) is 0 Å². The molecule has 34 heavy (non-hydrogen) atoms. The number of nitrogens with one attached hydrogen (secondary N) is 1. The first kappa shape index (κ1) is 24.9. The zero-order valence-corrected chi connectivity index (χ0v) is 18.4. The Morgan fingerprint density at radius 1 is 0.882 bits per heavy atom. The van der Waals surface area contributed by atoms with Crippen LogP contribution in [0.1, 0.15) is 10.4 Å². The molecule has 0 aliphatic carbocycles. The summed E-state index contributed by atoms with van der Waals surface area (Å²) < 4.78 is 11.4. The fourth-order valence-electron chi connectivity index (χ4n) is 2.84. The summed E-state index contributed by atoms with van der Waals surface area (Å²) in [6.45, 7) is -1.96. The molecule has 178 valence electrons. The Hall–Kier alpha value is -3.70. The Balaban J connectivity index is 1.78. The van der Waals surface area contributed by atoms with Gasteiger partial charge < -0.3 is 30.1 Å². The average molecular weight is 489 g/mol. The minimum Gasteiger partial charge on any atom is -0.457 e. The van der Waals surface area contributed by atoms with Crippen molar-refractivity contribution in [3.63, 3.8) is 0 Å². The standard InChI is InChI=1S/C23H21ClN2O8/c24-16-2-1-3-19(8-16)34-21-10-17(26(31)32)9-20(11-21)33-18-6-4-15(5-7-18)22(30)25-23(12-27,13-28)14-29/h1-11,27-29H,12-14H2,(H,25,30). The van der Waals surface area contributed by atoms with Crippen LogP contribution in [0.5, 0.6) is 23.0 Å². The second kappa shape index (κ2) is 10.9. The third-order valence-corrected chi connectivity index (χ3v) is 4.98. The maximum atomic E-state index is 12.4. The fourth-order valence-corrected chi connectivity index (χ4v) is 3.02. The summed E-state index contributed by atoms with van der Waals surface area (Å²) in [4.78, 5) is 23.1. The van der Waals surface area contributed by atoms with Crippen LogP contribution in [0.25, 0.3) is 0 Å². The Morgan fingerprint density at radius 3 is 2.00 bits per heavy atom. The number of rotatable bonds is 10. The second-order valence-electron chi connectivity index (χ2n) is 7.31. The maximum absolute atomic E-state index is 12.4. The number of aliphatic hydroxyl groups is 3. The smallest absolute Gasteiger partial charge is 0.276 e. The molecule has 0 aliphatic rings. The van der Waals surface area contributed by atoms with Crippen molar-refractivity contribution in [2.24, 2.45) is 0 Å². The van der Waals surface area contributed by atoms with Crippen LogP contribution in [0.3, 0.4) is 0 Å². The van der Waals surface area contributed by atoms with Gasteiger partial charge in [-0.05, 0) is 42.5 Å². The summed E-state index contributed by atoms with van der Waals surface area (Å²) in [5, 5.41) is 42.2. The monoisotopic (exact) mass is 488 g/mol. The molecule has 0 heterocycles.